The van der Waals surface area contributed by atoms with Gasteiger partial charge in [0.25, 0.3) is 0 Å². The van der Waals surface area contributed by atoms with Crippen LogP contribution in [0.15, 0.2) is 28.7 Å². The van der Waals surface area contributed by atoms with Crippen LogP contribution in [0.5, 0.6) is 0 Å². The Kier molecular flexibility index (Phi) is 2.27. The zero-order valence-electron chi connectivity index (χ0n) is 8.16. The van der Waals surface area contributed by atoms with E-state index in [9.17, 15) is 0 Å². The summed E-state index contributed by atoms with van der Waals surface area (Å²) >= 11 is 0. The van der Waals surface area contributed by atoms with Crippen molar-refractivity contribution in [2.24, 2.45) is 5.73 Å². The van der Waals surface area contributed by atoms with Gasteiger partial charge in [0.2, 0.25) is 0 Å². The highest BCUT2D eigenvalue weighted by Crippen LogP contribution is 2.06. The number of nitrogens with two attached hydrogens (primary N) is 1. The molecule has 0 atom stereocenters. The maximum Gasteiger partial charge on any atom is 0.150 e. The van der Waals surface area contributed by atoms with Gasteiger partial charge in [0.05, 0.1) is 0 Å². The van der Waals surface area contributed by atoms with Crippen molar-refractivity contribution in [1.82, 2.24) is 0 Å². The minimum absolute atomic E-state index is 0.757. The predicted molar refractivity (Wildman–Crippen MR) is 58.9 cm³/mol. The number of hydrogen-bond donors (Lipinski definition) is 1. The molecule has 2 aromatic rings. The number of furan rings is 1. The fourth-order valence-electron chi connectivity index (χ4n) is 1.62. The third-order valence-electron chi connectivity index (χ3n) is 2.22. The molecule has 0 amide bonds. The zero-order chi connectivity index (χ0) is 9.97. The number of hydrogen-bond acceptors (Lipinski definition) is 2. The third kappa shape index (κ3) is 1.29. The second-order valence-electron chi connectivity index (χ2n) is 3.16. The minimum atomic E-state index is 0.757. The van der Waals surface area contributed by atoms with E-state index >= 15 is 0 Å². The molecule has 1 aromatic heterocycles. The van der Waals surface area contributed by atoms with Gasteiger partial charge in [-0.25, -0.2) is 0 Å². The molecule has 0 bridgehead atoms. The summed E-state index contributed by atoms with van der Waals surface area (Å²) in [6.07, 6.45) is 4.62. The predicted octanol–water partition coefficient (Wildman–Crippen LogP) is 1.32. The fraction of sp³-hybridized carbons (Fsp3) is 0.167. The van der Waals surface area contributed by atoms with Crippen molar-refractivity contribution >= 4 is 23.2 Å². The molecule has 0 aliphatic heterocycles. The van der Waals surface area contributed by atoms with E-state index in [-0.39, 0.29) is 0 Å². The lowest BCUT2D eigenvalue weighted by molar-refractivity contribution is 0.574. The lowest BCUT2D eigenvalue weighted by atomic mass is 10.2. The lowest BCUT2D eigenvalue weighted by Gasteiger charge is -1.83. The largest absolute Gasteiger partial charge is 0.455 e. The van der Waals surface area contributed by atoms with Crippen molar-refractivity contribution in [2.75, 3.05) is 0 Å². The highest BCUT2D eigenvalue weighted by atomic mass is 16.3. The van der Waals surface area contributed by atoms with E-state index in [4.69, 9.17) is 10.2 Å². The molecule has 0 aliphatic carbocycles. The van der Waals surface area contributed by atoms with E-state index in [1.54, 1.807) is 0 Å². The molecule has 2 N–H and O–H groups in total. The second-order valence-corrected chi connectivity index (χ2v) is 3.16. The summed E-state index contributed by atoms with van der Waals surface area (Å²) in [4.78, 5) is 0. The Labute approximate surface area is 82.3 Å². The Morgan fingerprint density at radius 3 is 2.86 bits per heavy atom. The molecule has 1 heterocycles. The van der Waals surface area contributed by atoms with Crippen LogP contribution < -0.4 is 16.4 Å². The molecule has 0 saturated heterocycles. The standard InChI is InChI=1S/C12H13NO/c1-2-5-9-10-6-3-4-7-11(10)14-12(9)8-13/h3-8H,2,13H2,1H3/b9-5-,12-8+. The summed E-state index contributed by atoms with van der Waals surface area (Å²) in [5.41, 5.74) is 7.16. The van der Waals surface area contributed by atoms with E-state index in [0.29, 0.717) is 0 Å². The van der Waals surface area contributed by atoms with Gasteiger partial charge >= 0.3 is 0 Å². The van der Waals surface area contributed by atoms with Gasteiger partial charge in [-0.1, -0.05) is 31.2 Å². The topological polar surface area (TPSA) is 39.2 Å². The van der Waals surface area contributed by atoms with Gasteiger partial charge in [-0.05, 0) is 12.5 Å². The SMILES string of the molecule is CC/C=c1\c(=C/N)oc2ccccc12. The Bertz CT molecular complexity index is 551. The van der Waals surface area contributed by atoms with Gasteiger partial charge in [-0.2, -0.15) is 0 Å². The molecule has 72 valence electrons. The first-order valence-electron chi connectivity index (χ1n) is 4.76. The first-order valence-corrected chi connectivity index (χ1v) is 4.76. The summed E-state index contributed by atoms with van der Waals surface area (Å²) in [6.45, 7) is 2.10. The van der Waals surface area contributed by atoms with Crippen molar-refractivity contribution in [3.8, 4) is 0 Å². The molecule has 0 fully saturated rings. The summed E-state index contributed by atoms with van der Waals surface area (Å²) < 4.78 is 5.59. The zero-order valence-corrected chi connectivity index (χ0v) is 8.16. The average molecular weight is 187 g/mol. The lowest BCUT2D eigenvalue weighted by Crippen LogP contribution is -2.21. The Hall–Kier alpha value is -1.70. The first kappa shape index (κ1) is 8.88. The van der Waals surface area contributed by atoms with Gasteiger partial charge in [0.15, 0.2) is 0 Å². The van der Waals surface area contributed by atoms with Crippen molar-refractivity contribution in [3.05, 3.63) is 34.9 Å². The van der Waals surface area contributed by atoms with Gasteiger partial charge in [-0.3, -0.25) is 0 Å². The van der Waals surface area contributed by atoms with Crippen LogP contribution in [-0.2, 0) is 0 Å². The Morgan fingerprint density at radius 1 is 1.36 bits per heavy atom. The van der Waals surface area contributed by atoms with Crippen molar-refractivity contribution < 1.29 is 4.42 Å². The van der Waals surface area contributed by atoms with Gasteiger partial charge in [0.1, 0.15) is 11.0 Å². The minimum Gasteiger partial charge on any atom is -0.455 e. The fourth-order valence-corrected chi connectivity index (χ4v) is 1.62. The van der Waals surface area contributed by atoms with Gasteiger partial charge < -0.3 is 10.2 Å². The summed E-state index contributed by atoms with van der Waals surface area (Å²) in [5.74, 6) is 0. The number of rotatable bonds is 1. The maximum absolute atomic E-state index is 5.59. The first-order chi connectivity index (χ1) is 6.86. The smallest absolute Gasteiger partial charge is 0.150 e. The monoisotopic (exact) mass is 187 g/mol. The summed E-state index contributed by atoms with van der Waals surface area (Å²) in [6, 6.07) is 7.97. The molecule has 0 spiro atoms. The molecule has 0 radical (unpaired) electrons. The highest BCUT2D eigenvalue weighted by molar-refractivity contribution is 5.78. The Balaban J connectivity index is 2.96. The number of benzene rings is 1. The van der Waals surface area contributed by atoms with Crippen LogP contribution >= 0.6 is 0 Å². The molecule has 0 unspecified atom stereocenters. The van der Waals surface area contributed by atoms with Crippen molar-refractivity contribution in [2.45, 2.75) is 13.3 Å². The van der Waals surface area contributed by atoms with Crippen LogP contribution in [0.4, 0.5) is 0 Å². The molecular weight excluding hydrogens is 174 g/mol. The van der Waals surface area contributed by atoms with Crippen LogP contribution in [0.2, 0.25) is 0 Å². The van der Waals surface area contributed by atoms with Crippen LogP contribution in [0.3, 0.4) is 0 Å². The second kappa shape index (κ2) is 3.58. The van der Waals surface area contributed by atoms with Crippen LogP contribution in [0.25, 0.3) is 23.2 Å². The molecule has 2 nitrogen and oxygen atoms in total. The van der Waals surface area contributed by atoms with Gasteiger partial charge in [-0.15, -0.1) is 0 Å². The third-order valence-corrected chi connectivity index (χ3v) is 2.22. The van der Waals surface area contributed by atoms with Gasteiger partial charge in [0, 0.05) is 16.8 Å². The van der Waals surface area contributed by atoms with E-state index in [1.165, 1.54) is 6.20 Å². The molecule has 14 heavy (non-hydrogen) atoms. The average Bonchev–Trinajstić information content (AvgIpc) is 2.58. The highest BCUT2D eigenvalue weighted by Gasteiger charge is 1.99. The van der Waals surface area contributed by atoms with Crippen LogP contribution in [-0.4, -0.2) is 0 Å². The molecule has 2 rings (SSSR count). The van der Waals surface area contributed by atoms with Crippen molar-refractivity contribution in [1.29, 1.82) is 0 Å². The number of para-hydroxylation sites is 1. The molecule has 0 saturated carbocycles. The van der Waals surface area contributed by atoms with E-state index in [0.717, 1.165) is 28.0 Å². The maximum atomic E-state index is 5.59. The van der Waals surface area contributed by atoms with E-state index in [1.807, 2.05) is 24.3 Å². The van der Waals surface area contributed by atoms with Crippen LogP contribution in [0.1, 0.15) is 13.3 Å². The number of fused-ring (bicyclic) bond motifs is 1. The molecule has 1 aromatic carbocycles. The van der Waals surface area contributed by atoms with Crippen LogP contribution in [0, 0.1) is 0 Å². The van der Waals surface area contributed by atoms with E-state index < -0.39 is 0 Å². The Morgan fingerprint density at radius 2 is 2.14 bits per heavy atom. The molecule has 0 aliphatic rings. The molecule has 2 heteroatoms. The van der Waals surface area contributed by atoms with E-state index in [2.05, 4.69) is 13.0 Å². The summed E-state index contributed by atoms with van der Waals surface area (Å²) in [7, 11) is 0. The van der Waals surface area contributed by atoms with Crippen molar-refractivity contribution in [3.63, 3.8) is 0 Å². The normalized spacial score (nSPS) is 14.1. The summed E-state index contributed by atoms with van der Waals surface area (Å²) in [5, 5.41) is 2.23. The molecular formula is C12H13NO. The quantitative estimate of drug-likeness (QED) is 0.731.